The Morgan fingerprint density at radius 1 is 1.17 bits per heavy atom. The van der Waals surface area contributed by atoms with Crippen molar-refractivity contribution >= 4 is 11.9 Å². The van der Waals surface area contributed by atoms with Crippen LogP contribution >= 0.6 is 0 Å². The van der Waals surface area contributed by atoms with Crippen LogP contribution in [-0.4, -0.2) is 31.7 Å². The zero-order valence-electron chi connectivity index (χ0n) is 17.8. The number of aliphatic carboxylic acids is 2. The van der Waals surface area contributed by atoms with Crippen molar-refractivity contribution in [1.82, 2.24) is 9.55 Å². The van der Waals surface area contributed by atoms with E-state index in [4.69, 9.17) is 0 Å². The largest absolute Gasteiger partial charge is 0.481 e. The summed E-state index contributed by atoms with van der Waals surface area (Å²) in [6.45, 7) is 6.10. The Hall–Kier alpha value is -2.89. The molecule has 0 aliphatic heterocycles. The maximum atomic E-state index is 12.5. The number of carbonyl (C=O) groups is 2. The maximum absolute atomic E-state index is 12.5. The lowest BCUT2D eigenvalue weighted by atomic mass is 9.56. The second-order valence-electron chi connectivity index (χ2n) is 8.50. The third-order valence-electron chi connectivity index (χ3n) is 6.64. The van der Waals surface area contributed by atoms with E-state index in [9.17, 15) is 19.8 Å². The zero-order valence-corrected chi connectivity index (χ0v) is 17.8. The van der Waals surface area contributed by atoms with Gasteiger partial charge in [-0.05, 0) is 31.7 Å². The molecule has 6 heteroatoms. The van der Waals surface area contributed by atoms with Gasteiger partial charge in [0.25, 0.3) is 0 Å². The summed E-state index contributed by atoms with van der Waals surface area (Å²) in [6.07, 6.45) is 6.97. The van der Waals surface area contributed by atoms with Gasteiger partial charge in [-0.2, -0.15) is 0 Å². The minimum absolute atomic E-state index is 0.0781. The van der Waals surface area contributed by atoms with Crippen molar-refractivity contribution < 1.29 is 19.8 Å². The van der Waals surface area contributed by atoms with Gasteiger partial charge in [-0.25, -0.2) is 4.98 Å². The number of benzene rings is 1. The van der Waals surface area contributed by atoms with Crippen molar-refractivity contribution in [3.05, 3.63) is 65.8 Å². The average Bonchev–Trinajstić information content (AvgIpc) is 3.16. The normalized spacial score (nSPS) is 26.2. The van der Waals surface area contributed by atoms with Crippen LogP contribution in [0.1, 0.15) is 51.4 Å². The highest BCUT2D eigenvalue weighted by molar-refractivity contribution is 5.82. The van der Waals surface area contributed by atoms with E-state index in [1.54, 1.807) is 19.2 Å². The molecule has 2 aromatic rings. The second kappa shape index (κ2) is 8.46. The second-order valence-corrected chi connectivity index (χ2v) is 8.50. The fourth-order valence-electron chi connectivity index (χ4n) is 4.89. The smallest absolute Gasteiger partial charge is 0.313 e. The van der Waals surface area contributed by atoms with Crippen LogP contribution in [-0.2, 0) is 22.6 Å². The van der Waals surface area contributed by atoms with Crippen LogP contribution in [0.15, 0.2) is 54.4 Å². The third-order valence-corrected chi connectivity index (χ3v) is 6.64. The van der Waals surface area contributed by atoms with Crippen molar-refractivity contribution in [2.24, 2.45) is 16.7 Å². The van der Waals surface area contributed by atoms with Crippen molar-refractivity contribution in [2.45, 2.75) is 53.0 Å². The van der Waals surface area contributed by atoms with Gasteiger partial charge < -0.3 is 14.8 Å². The molecule has 0 saturated heterocycles. The Labute approximate surface area is 177 Å². The van der Waals surface area contributed by atoms with Gasteiger partial charge in [-0.15, -0.1) is 0 Å². The number of hydrogen-bond acceptors (Lipinski definition) is 3. The molecule has 0 spiro atoms. The van der Waals surface area contributed by atoms with Gasteiger partial charge in [-0.1, -0.05) is 55.8 Å². The molecule has 0 amide bonds. The zero-order chi connectivity index (χ0) is 21.9. The Kier molecular flexibility index (Phi) is 6.15. The molecule has 3 rings (SSSR count). The lowest BCUT2D eigenvalue weighted by Crippen LogP contribution is -2.49. The van der Waals surface area contributed by atoms with Crippen molar-refractivity contribution in [3.8, 4) is 0 Å². The molecule has 1 aliphatic carbocycles. The molecule has 2 N–H and O–H groups in total. The highest BCUT2D eigenvalue weighted by Gasteiger charge is 2.54. The van der Waals surface area contributed by atoms with Gasteiger partial charge in [0.2, 0.25) is 0 Å². The predicted molar refractivity (Wildman–Crippen MR) is 114 cm³/mol. The summed E-state index contributed by atoms with van der Waals surface area (Å²) in [7, 11) is 0. The molecule has 1 aromatic heterocycles. The molecular formula is C24H30N2O4. The average molecular weight is 411 g/mol. The summed E-state index contributed by atoms with van der Waals surface area (Å²) >= 11 is 0. The number of nitrogens with zero attached hydrogens (tertiary/aromatic N) is 2. The molecule has 6 nitrogen and oxygen atoms in total. The minimum atomic E-state index is -1.18. The summed E-state index contributed by atoms with van der Waals surface area (Å²) in [6, 6.07) is 10.1. The number of rotatable bonds is 8. The lowest BCUT2D eigenvalue weighted by molar-refractivity contribution is -0.159. The molecule has 3 atom stereocenters. The van der Waals surface area contributed by atoms with Gasteiger partial charge in [0.05, 0.1) is 10.8 Å². The van der Waals surface area contributed by atoms with Crippen LogP contribution < -0.4 is 0 Å². The SMILES string of the molecule is CCC1=CC(C)(C(=O)O)CC(CC)(C(=O)O)C1Cc1nccn1Cc1ccccc1. The predicted octanol–water partition coefficient (Wildman–Crippen LogP) is 4.40. The van der Waals surface area contributed by atoms with Gasteiger partial charge in [-0.3, -0.25) is 9.59 Å². The molecule has 1 aliphatic rings. The van der Waals surface area contributed by atoms with Crippen LogP contribution in [0, 0.1) is 16.7 Å². The van der Waals surface area contributed by atoms with Crippen LogP contribution in [0.3, 0.4) is 0 Å². The summed E-state index contributed by atoms with van der Waals surface area (Å²) in [5.41, 5.74) is -0.290. The number of allylic oxidation sites excluding steroid dienone is 1. The van der Waals surface area contributed by atoms with E-state index in [-0.39, 0.29) is 12.3 Å². The standard InChI is InChI=1S/C24H30N2O4/c1-4-18-14-23(3,21(27)28)16-24(5-2,22(29)30)19(18)13-20-25-11-12-26(20)15-17-9-7-6-8-10-17/h6-12,14,19H,4-5,13,15-16H2,1-3H3,(H,27,28)(H,29,30). The van der Waals surface area contributed by atoms with E-state index in [0.29, 0.717) is 25.8 Å². The van der Waals surface area contributed by atoms with Crippen LogP contribution in [0.5, 0.6) is 0 Å². The summed E-state index contributed by atoms with van der Waals surface area (Å²) in [5, 5.41) is 20.1. The fourth-order valence-corrected chi connectivity index (χ4v) is 4.89. The van der Waals surface area contributed by atoms with Gasteiger partial charge in [0, 0.05) is 31.3 Å². The number of imidazole rings is 1. The number of carboxylic acid groups (broad SMARTS) is 2. The number of carboxylic acids is 2. The van der Waals surface area contributed by atoms with E-state index >= 15 is 0 Å². The first-order chi connectivity index (χ1) is 14.3. The number of hydrogen-bond donors (Lipinski definition) is 2. The van der Waals surface area contributed by atoms with Crippen LogP contribution in [0.25, 0.3) is 0 Å². The molecule has 3 unspecified atom stereocenters. The topological polar surface area (TPSA) is 92.4 Å². The van der Waals surface area contributed by atoms with Crippen molar-refractivity contribution in [3.63, 3.8) is 0 Å². The first kappa shape index (κ1) is 21.8. The molecule has 0 bridgehead atoms. The van der Waals surface area contributed by atoms with E-state index in [0.717, 1.165) is 17.0 Å². The van der Waals surface area contributed by atoms with E-state index in [1.807, 2.05) is 50.4 Å². The summed E-state index contributed by atoms with van der Waals surface area (Å²) < 4.78 is 2.05. The number of aromatic nitrogens is 2. The third kappa shape index (κ3) is 3.91. The molecular weight excluding hydrogens is 380 g/mol. The lowest BCUT2D eigenvalue weighted by Gasteiger charge is -2.46. The van der Waals surface area contributed by atoms with Crippen LogP contribution in [0.4, 0.5) is 0 Å². The van der Waals surface area contributed by atoms with E-state index < -0.39 is 22.8 Å². The Morgan fingerprint density at radius 2 is 1.87 bits per heavy atom. The summed E-state index contributed by atoms with van der Waals surface area (Å²) in [4.78, 5) is 29.1. The fraction of sp³-hybridized carbons (Fsp3) is 0.458. The Balaban J connectivity index is 2.02. The van der Waals surface area contributed by atoms with Crippen molar-refractivity contribution in [1.29, 1.82) is 0 Å². The molecule has 0 radical (unpaired) electrons. The highest BCUT2D eigenvalue weighted by atomic mass is 16.4. The van der Waals surface area contributed by atoms with Gasteiger partial charge >= 0.3 is 11.9 Å². The van der Waals surface area contributed by atoms with Gasteiger partial charge in [0.1, 0.15) is 5.82 Å². The Bertz CT molecular complexity index is 949. The van der Waals surface area contributed by atoms with E-state index in [2.05, 4.69) is 9.55 Å². The van der Waals surface area contributed by atoms with Crippen LogP contribution in [0.2, 0.25) is 0 Å². The first-order valence-corrected chi connectivity index (χ1v) is 10.5. The quantitative estimate of drug-likeness (QED) is 0.629. The van der Waals surface area contributed by atoms with Crippen molar-refractivity contribution in [2.75, 3.05) is 0 Å². The highest BCUT2D eigenvalue weighted by Crippen LogP contribution is 2.53. The summed E-state index contributed by atoms with van der Waals surface area (Å²) in [5.74, 6) is -1.38. The molecule has 30 heavy (non-hydrogen) atoms. The molecule has 0 fully saturated rings. The van der Waals surface area contributed by atoms with Gasteiger partial charge in [0.15, 0.2) is 0 Å². The molecule has 160 valence electrons. The maximum Gasteiger partial charge on any atom is 0.313 e. The first-order valence-electron chi connectivity index (χ1n) is 10.5. The molecule has 0 saturated carbocycles. The Morgan fingerprint density at radius 3 is 2.43 bits per heavy atom. The molecule has 1 heterocycles. The monoisotopic (exact) mass is 410 g/mol. The minimum Gasteiger partial charge on any atom is -0.481 e. The van der Waals surface area contributed by atoms with E-state index in [1.165, 1.54) is 0 Å². The molecule has 1 aromatic carbocycles.